The van der Waals surface area contributed by atoms with Crippen molar-refractivity contribution in [3.05, 3.63) is 32.4 Å². The summed E-state index contributed by atoms with van der Waals surface area (Å²) in [5.74, 6) is -0.590. The van der Waals surface area contributed by atoms with E-state index >= 15 is 0 Å². The Hall–Kier alpha value is -1.93. The summed E-state index contributed by atoms with van der Waals surface area (Å²) in [7, 11) is 1.25. The zero-order chi connectivity index (χ0) is 18.0. The molecule has 3 N–H and O–H groups in total. The van der Waals surface area contributed by atoms with Crippen molar-refractivity contribution in [2.24, 2.45) is 0 Å². The Bertz CT molecular complexity index is 735. The molecule has 0 spiro atoms. The standard InChI is InChI=1S/C15H16BrClN2O5/c1-4-24-8-5-7(11(17)10(16)13(8)20)12-9(14(21)23-3)6(2)18-15(22)19-12/h5,12,20H,4H2,1-3H3,(H2,18,19,22). The fourth-order valence-electron chi connectivity index (χ4n) is 2.40. The lowest BCUT2D eigenvalue weighted by atomic mass is 9.95. The zero-order valence-corrected chi connectivity index (χ0v) is 15.5. The molecule has 1 aromatic carbocycles. The Morgan fingerprint density at radius 1 is 1.50 bits per heavy atom. The normalized spacial score (nSPS) is 17.2. The summed E-state index contributed by atoms with van der Waals surface area (Å²) < 4.78 is 10.4. The van der Waals surface area contributed by atoms with Crippen LogP contribution in [0.15, 0.2) is 21.8 Å². The van der Waals surface area contributed by atoms with Gasteiger partial charge in [0.25, 0.3) is 0 Å². The summed E-state index contributed by atoms with van der Waals surface area (Å²) in [6.45, 7) is 3.67. The van der Waals surface area contributed by atoms with E-state index in [9.17, 15) is 14.7 Å². The Labute approximate surface area is 152 Å². The molecule has 1 heterocycles. The molecule has 130 valence electrons. The lowest BCUT2D eigenvalue weighted by Crippen LogP contribution is -2.45. The number of allylic oxidation sites excluding steroid dienone is 1. The quantitative estimate of drug-likeness (QED) is 0.652. The predicted molar refractivity (Wildman–Crippen MR) is 91.1 cm³/mol. The summed E-state index contributed by atoms with van der Waals surface area (Å²) in [5, 5.41) is 15.4. The molecule has 0 fully saturated rings. The van der Waals surface area contributed by atoms with Gasteiger partial charge in [0.05, 0.1) is 34.8 Å². The number of hydrogen-bond acceptors (Lipinski definition) is 5. The molecule has 1 aliphatic heterocycles. The first kappa shape index (κ1) is 18.4. The molecule has 1 atom stereocenters. The molecule has 1 unspecified atom stereocenters. The average molecular weight is 420 g/mol. The third-order valence-electron chi connectivity index (χ3n) is 3.46. The third-order valence-corrected chi connectivity index (χ3v) is 4.87. The van der Waals surface area contributed by atoms with Gasteiger partial charge in [-0.3, -0.25) is 0 Å². The lowest BCUT2D eigenvalue weighted by molar-refractivity contribution is -0.136. The van der Waals surface area contributed by atoms with E-state index < -0.39 is 18.0 Å². The molecule has 0 aromatic heterocycles. The van der Waals surface area contributed by atoms with Gasteiger partial charge in [0.2, 0.25) is 0 Å². The summed E-state index contributed by atoms with van der Waals surface area (Å²) in [5.41, 5.74) is 0.951. The van der Waals surface area contributed by atoms with Crippen LogP contribution in [-0.4, -0.2) is 30.8 Å². The molecule has 0 saturated carbocycles. The van der Waals surface area contributed by atoms with Gasteiger partial charge >= 0.3 is 12.0 Å². The second-order valence-electron chi connectivity index (χ2n) is 4.94. The van der Waals surface area contributed by atoms with Crippen LogP contribution in [0.5, 0.6) is 11.5 Å². The fraction of sp³-hybridized carbons (Fsp3) is 0.333. The number of halogens is 2. The van der Waals surface area contributed by atoms with Crippen molar-refractivity contribution in [3.8, 4) is 11.5 Å². The van der Waals surface area contributed by atoms with Crippen molar-refractivity contribution in [2.75, 3.05) is 13.7 Å². The van der Waals surface area contributed by atoms with Gasteiger partial charge in [0.15, 0.2) is 11.5 Å². The molecule has 1 aliphatic rings. The molecular formula is C15H16BrClN2O5. The van der Waals surface area contributed by atoms with Gasteiger partial charge in [-0.05, 0) is 35.8 Å². The maximum absolute atomic E-state index is 12.1. The highest BCUT2D eigenvalue weighted by molar-refractivity contribution is 9.10. The minimum Gasteiger partial charge on any atom is -0.503 e. The predicted octanol–water partition coefficient (Wildman–Crippen LogP) is 3.01. The number of hydrogen-bond donors (Lipinski definition) is 3. The maximum Gasteiger partial charge on any atom is 0.337 e. The molecule has 7 nitrogen and oxygen atoms in total. The second kappa shape index (κ2) is 7.31. The third kappa shape index (κ3) is 3.29. The van der Waals surface area contributed by atoms with E-state index in [1.54, 1.807) is 13.8 Å². The minimum atomic E-state index is -0.852. The maximum atomic E-state index is 12.1. The molecule has 2 rings (SSSR count). The van der Waals surface area contributed by atoms with Crippen LogP contribution < -0.4 is 15.4 Å². The number of urea groups is 1. The number of esters is 1. The van der Waals surface area contributed by atoms with Crippen LogP contribution in [0.1, 0.15) is 25.5 Å². The van der Waals surface area contributed by atoms with Crippen LogP contribution in [0.25, 0.3) is 0 Å². The number of ether oxygens (including phenoxy) is 2. The van der Waals surface area contributed by atoms with E-state index in [-0.39, 0.29) is 26.6 Å². The number of rotatable bonds is 4. The molecular weight excluding hydrogens is 404 g/mol. The lowest BCUT2D eigenvalue weighted by Gasteiger charge is -2.29. The number of nitrogens with one attached hydrogen (secondary N) is 2. The zero-order valence-electron chi connectivity index (χ0n) is 13.2. The second-order valence-corrected chi connectivity index (χ2v) is 6.11. The molecule has 0 aliphatic carbocycles. The van der Waals surface area contributed by atoms with Crippen LogP contribution in [-0.2, 0) is 9.53 Å². The van der Waals surface area contributed by atoms with Crippen molar-refractivity contribution in [3.63, 3.8) is 0 Å². The summed E-state index contributed by atoms with van der Waals surface area (Å²) in [6.07, 6.45) is 0. The topological polar surface area (TPSA) is 96.9 Å². The largest absolute Gasteiger partial charge is 0.503 e. The van der Waals surface area contributed by atoms with Crippen LogP contribution in [0.2, 0.25) is 5.02 Å². The first-order valence-corrected chi connectivity index (χ1v) is 8.19. The number of benzene rings is 1. The Morgan fingerprint density at radius 3 is 2.75 bits per heavy atom. The number of phenols is 1. The molecule has 2 amide bonds. The SMILES string of the molecule is CCOc1cc(C2NC(=O)NC(C)=C2C(=O)OC)c(Cl)c(Br)c1O. The van der Waals surface area contributed by atoms with Crippen molar-refractivity contribution in [2.45, 2.75) is 19.9 Å². The Morgan fingerprint density at radius 2 is 2.17 bits per heavy atom. The average Bonchev–Trinajstić information content (AvgIpc) is 2.54. The molecule has 0 saturated heterocycles. The van der Waals surface area contributed by atoms with Crippen LogP contribution >= 0.6 is 27.5 Å². The van der Waals surface area contributed by atoms with Crippen molar-refractivity contribution < 1.29 is 24.2 Å². The fourth-order valence-corrected chi connectivity index (χ4v) is 3.07. The number of methoxy groups -OCH3 is 1. The number of carbonyl (C=O) groups is 2. The Balaban J connectivity index is 2.66. The van der Waals surface area contributed by atoms with Crippen molar-refractivity contribution in [1.82, 2.24) is 10.6 Å². The molecule has 0 radical (unpaired) electrons. The van der Waals surface area contributed by atoms with Crippen LogP contribution in [0.3, 0.4) is 0 Å². The monoisotopic (exact) mass is 418 g/mol. The van der Waals surface area contributed by atoms with Gasteiger partial charge in [-0.15, -0.1) is 0 Å². The van der Waals surface area contributed by atoms with E-state index in [0.717, 1.165) is 0 Å². The van der Waals surface area contributed by atoms with Gasteiger partial charge in [0, 0.05) is 11.3 Å². The van der Waals surface area contributed by atoms with E-state index in [0.29, 0.717) is 17.9 Å². The molecule has 1 aromatic rings. The van der Waals surface area contributed by atoms with Gasteiger partial charge in [-0.1, -0.05) is 11.6 Å². The number of amides is 2. The highest BCUT2D eigenvalue weighted by Gasteiger charge is 2.34. The molecule has 0 bridgehead atoms. The number of aromatic hydroxyl groups is 1. The minimum absolute atomic E-state index is 0.150. The smallest absolute Gasteiger partial charge is 0.337 e. The van der Waals surface area contributed by atoms with Crippen LogP contribution in [0.4, 0.5) is 4.79 Å². The first-order chi connectivity index (χ1) is 11.3. The van der Waals surface area contributed by atoms with Crippen LogP contribution in [0, 0.1) is 0 Å². The highest BCUT2D eigenvalue weighted by Crippen LogP contribution is 2.45. The highest BCUT2D eigenvalue weighted by atomic mass is 79.9. The molecule has 24 heavy (non-hydrogen) atoms. The summed E-state index contributed by atoms with van der Waals surface area (Å²) in [4.78, 5) is 24.0. The van der Waals surface area contributed by atoms with Crippen molar-refractivity contribution >= 4 is 39.5 Å². The van der Waals surface area contributed by atoms with E-state index in [1.807, 2.05) is 0 Å². The first-order valence-electron chi connectivity index (χ1n) is 7.02. The van der Waals surface area contributed by atoms with Gasteiger partial charge in [-0.25, -0.2) is 9.59 Å². The van der Waals surface area contributed by atoms with E-state index in [2.05, 4.69) is 26.6 Å². The van der Waals surface area contributed by atoms with Gasteiger partial charge in [0.1, 0.15) is 0 Å². The van der Waals surface area contributed by atoms with E-state index in [4.69, 9.17) is 21.1 Å². The summed E-state index contributed by atoms with van der Waals surface area (Å²) in [6, 6.07) is 0.150. The van der Waals surface area contributed by atoms with Gasteiger partial charge < -0.3 is 25.2 Å². The van der Waals surface area contributed by atoms with Gasteiger partial charge in [-0.2, -0.15) is 0 Å². The van der Waals surface area contributed by atoms with E-state index in [1.165, 1.54) is 13.2 Å². The molecule has 9 heteroatoms. The number of phenolic OH excluding ortho intramolecular Hbond substituents is 1. The van der Waals surface area contributed by atoms with Crippen molar-refractivity contribution in [1.29, 1.82) is 0 Å². The Kier molecular flexibility index (Phi) is 5.61. The number of carbonyl (C=O) groups excluding carboxylic acids is 2. The summed E-state index contributed by atoms with van der Waals surface area (Å²) >= 11 is 9.50.